The number of likely N-dealkylation sites (N-methyl/N-ethyl adjacent to an activating group) is 1. The van der Waals surface area contributed by atoms with E-state index in [0.29, 0.717) is 6.29 Å². The van der Waals surface area contributed by atoms with Crippen LogP contribution in [0.15, 0.2) is 0 Å². The van der Waals surface area contributed by atoms with Crippen molar-refractivity contribution < 1.29 is 32.6 Å². The molecule has 0 atom stereocenters. The lowest BCUT2D eigenvalue weighted by Crippen LogP contribution is -2.23. The van der Waals surface area contributed by atoms with Crippen molar-refractivity contribution in [1.82, 2.24) is 4.98 Å². The standard InChI is InChI=1S/C10H11F3N2O4S/c1-15(2-4-19-5-3-16)7-6(8(17)18)14-9(20-7)10(11,12)13/h3H,2,4-5H2,1H3,(H,17,18). The Morgan fingerprint density at radius 2 is 2.20 bits per heavy atom. The summed E-state index contributed by atoms with van der Waals surface area (Å²) in [7, 11) is 1.42. The molecule has 0 aliphatic heterocycles. The van der Waals surface area contributed by atoms with Gasteiger partial charge in [0.25, 0.3) is 0 Å². The first kappa shape index (κ1) is 16.4. The molecule has 1 aromatic rings. The number of thiazole rings is 1. The van der Waals surface area contributed by atoms with E-state index in [0.717, 1.165) is 0 Å². The van der Waals surface area contributed by atoms with Crippen LogP contribution in [0.3, 0.4) is 0 Å². The van der Waals surface area contributed by atoms with Crippen molar-refractivity contribution in [2.75, 3.05) is 31.7 Å². The number of carbonyl (C=O) groups excluding carboxylic acids is 1. The summed E-state index contributed by atoms with van der Waals surface area (Å²) < 4.78 is 42.5. The number of halogens is 3. The lowest BCUT2D eigenvalue weighted by atomic mass is 10.4. The van der Waals surface area contributed by atoms with Crippen LogP contribution in [0.4, 0.5) is 18.2 Å². The summed E-state index contributed by atoms with van der Waals surface area (Å²) >= 11 is 0.251. The predicted molar refractivity (Wildman–Crippen MR) is 64.2 cm³/mol. The third-order valence-corrected chi connectivity index (χ3v) is 3.37. The van der Waals surface area contributed by atoms with Crippen molar-refractivity contribution in [3.63, 3.8) is 0 Å². The fourth-order valence-electron chi connectivity index (χ4n) is 1.27. The second kappa shape index (κ2) is 6.66. The van der Waals surface area contributed by atoms with Crippen LogP contribution in [-0.2, 0) is 15.7 Å². The van der Waals surface area contributed by atoms with E-state index >= 15 is 0 Å². The number of nitrogens with zero attached hydrogens (tertiary/aromatic N) is 2. The number of hydrogen-bond donors (Lipinski definition) is 1. The van der Waals surface area contributed by atoms with E-state index in [1.807, 2.05) is 0 Å². The lowest BCUT2D eigenvalue weighted by Gasteiger charge is -2.16. The molecule has 0 aromatic carbocycles. The molecule has 112 valence electrons. The quantitative estimate of drug-likeness (QED) is 0.607. The van der Waals surface area contributed by atoms with Gasteiger partial charge in [-0.15, -0.1) is 0 Å². The summed E-state index contributed by atoms with van der Waals surface area (Å²) in [4.78, 5) is 25.3. The van der Waals surface area contributed by atoms with Gasteiger partial charge < -0.3 is 19.5 Å². The first-order chi connectivity index (χ1) is 9.27. The van der Waals surface area contributed by atoms with Crippen LogP contribution >= 0.6 is 11.3 Å². The molecule has 0 radical (unpaired) electrons. The van der Waals surface area contributed by atoms with Gasteiger partial charge in [0.05, 0.1) is 6.61 Å². The molecule has 0 unspecified atom stereocenters. The molecule has 20 heavy (non-hydrogen) atoms. The molecular formula is C10H11F3N2O4S. The van der Waals surface area contributed by atoms with Gasteiger partial charge in [-0.3, -0.25) is 0 Å². The van der Waals surface area contributed by atoms with Crippen molar-refractivity contribution in [3.8, 4) is 0 Å². The van der Waals surface area contributed by atoms with Gasteiger partial charge in [0.2, 0.25) is 5.01 Å². The van der Waals surface area contributed by atoms with Gasteiger partial charge in [-0.1, -0.05) is 11.3 Å². The molecular weight excluding hydrogens is 301 g/mol. The molecule has 0 aliphatic rings. The molecule has 1 heterocycles. The van der Waals surface area contributed by atoms with Crippen LogP contribution in [0.25, 0.3) is 0 Å². The van der Waals surface area contributed by atoms with E-state index in [1.165, 1.54) is 11.9 Å². The van der Waals surface area contributed by atoms with Crippen molar-refractivity contribution in [3.05, 3.63) is 10.7 Å². The average molecular weight is 312 g/mol. The molecule has 0 saturated carbocycles. The number of carboxylic acid groups (broad SMARTS) is 1. The Morgan fingerprint density at radius 3 is 2.70 bits per heavy atom. The van der Waals surface area contributed by atoms with Crippen LogP contribution in [0, 0.1) is 0 Å². The first-order valence-corrected chi connectivity index (χ1v) is 6.12. The number of carbonyl (C=O) groups is 2. The molecule has 0 bridgehead atoms. The first-order valence-electron chi connectivity index (χ1n) is 5.31. The Hall–Kier alpha value is -1.68. The van der Waals surface area contributed by atoms with Gasteiger partial charge >= 0.3 is 12.1 Å². The minimum Gasteiger partial charge on any atom is -0.476 e. The van der Waals surface area contributed by atoms with Crippen molar-refractivity contribution in [1.29, 1.82) is 0 Å². The smallest absolute Gasteiger partial charge is 0.443 e. The number of anilines is 1. The molecule has 10 heteroatoms. The Morgan fingerprint density at radius 1 is 1.55 bits per heavy atom. The normalized spacial score (nSPS) is 11.4. The maximum Gasteiger partial charge on any atom is 0.443 e. The van der Waals surface area contributed by atoms with Gasteiger partial charge in [-0.25, -0.2) is 9.78 Å². The fourth-order valence-corrected chi connectivity index (χ4v) is 2.18. The van der Waals surface area contributed by atoms with Crippen LogP contribution in [0.5, 0.6) is 0 Å². The predicted octanol–water partition coefficient (Wildman–Crippen LogP) is 1.51. The van der Waals surface area contributed by atoms with Crippen LogP contribution in [0.2, 0.25) is 0 Å². The summed E-state index contributed by atoms with van der Waals surface area (Å²) in [5.41, 5.74) is -0.653. The second-order valence-electron chi connectivity index (χ2n) is 3.64. The molecule has 0 aliphatic carbocycles. The van der Waals surface area contributed by atoms with E-state index in [1.54, 1.807) is 0 Å². The third-order valence-electron chi connectivity index (χ3n) is 2.16. The summed E-state index contributed by atoms with van der Waals surface area (Å²) in [5.74, 6) is -1.53. The van der Waals surface area contributed by atoms with Gasteiger partial charge in [0, 0.05) is 13.6 Å². The molecule has 1 rings (SSSR count). The molecule has 0 spiro atoms. The van der Waals surface area contributed by atoms with E-state index in [9.17, 15) is 22.8 Å². The van der Waals surface area contributed by atoms with Crippen LogP contribution < -0.4 is 4.90 Å². The highest BCUT2D eigenvalue weighted by Gasteiger charge is 2.37. The Balaban J connectivity index is 2.89. The van der Waals surface area contributed by atoms with Gasteiger partial charge in [0.15, 0.2) is 5.69 Å². The number of alkyl halides is 3. The van der Waals surface area contributed by atoms with Crippen molar-refractivity contribution in [2.45, 2.75) is 6.18 Å². The fraction of sp³-hybridized carbons (Fsp3) is 0.500. The van der Waals surface area contributed by atoms with E-state index in [2.05, 4.69) is 4.98 Å². The summed E-state index contributed by atoms with van der Waals surface area (Å²) in [6.45, 7) is 0.0806. The number of rotatable bonds is 7. The maximum atomic E-state index is 12.5. The number of aromatic carboxylic acids is 1. The molecule has 0 amide bonds. The minimum atomic E-state index is -4.69. The molecule has 1 aromatic heterocycles. The number of aromatic nitrogens is 1. The summed E-state index contributed by atoms with van der Waals surface area (Å²) in [6, 6.07) is 0. The summed E-state index contributed by atoms with van der Waals surface area (Å²) in [6.07, 6.45) is -4.15. The van der Waals surface area contributed by atoms with Gasteiger partial charge in [0.1, 0.15) is 17.9 Å². The number of aldehydes is 1. The number of carboxylic acids is 1. The summed E-state index contributed by atoms with van der Waals surface area (Å²) in [5, 5.41) is 7.55. The highest BCUT2D eigenvalue weighted by molar-refractivity contribution is 7.16. The van der Waals surface area contributed by atoms with E-state index in [4.69, 9.17) is 9.84 Å². The third kappa shape index (κ3) is 4.17. The largest absolute Gasteiger partial charge is 0.476 e. The Labute approximate surface area is 115 Å². The van der Waals surface area contributed by atoms with Crippen LogP contribution in [-0.4, -0.2) is 49.2 Å². The SMILES string of the molecule is CN(CCOCC=O)c1sc(C(F)(F)F)nc1C(=O)O. The minimum absolute atomic E-state index is 0.0769. The zero-order valence-corrected chi connectivity index (χ0v) is 11.1. The second-order valence-corrected chi connectivity index (χ2v) is 4.62. The van der Waals surface area contributed by atoms with Gasteiger partial charge in [-0.05, 0) is 0 Å². The van der Waals surface area contributed by atoms with Gasteiger partial charge in [-0.2, -0.15) is 13.2 Å². The van der Waals surface area contributed by atoms with E-state index < -0.39 is 22.8 Å². The molecule has 0 fully saturated rings. The van der Waals surface area contributed by atoms with Crippen molar-refractivity contribution >= 4 is 28.6 Å². The Kier molecular flexibility index (Phi) is 5.45. The number of ether oxygens (including phenoxy) is 1. The lowest BCUT2D eigenvalue weighted by molar-refractivity contribution is -0.137. The molecule has 0 saturated heterocycles. The zero-order valence-electron chi connectivity index (χ0n) is 10.3. The molecule has 1 N–H and O–H groups in total. The van der Waals surface area contributed by atoms with E-state index in [-0.39, 0.29) is 36.1 Å². The zero-order chi connectivity index (χ0) is 15.3. The topological polar surface area (TPSA) is 79.7 Å². The van der Waals surface area contributed by atoms with Crippen LogP contribution in [0.1, 0.15) is 15.5 Å². The monoisotopic (exact) mass is 312 g/mol. The van der Waals surface area contributed by atoms with Crippen molar-refractivity contribution in [2.24, 2.45) is 0 Å². The average Bonchev–Trinajstić information content (AvgIpc) is 2.79. The highest BCUT2D eigenvalue weighted by atomic mass is 32.1. The number of hydrogen-bond acceptors (Lipinski definition) is 6. The molecule has 6 nitrogen and oxygen atoms in total. The maximum absolute atomic E-state index is 12.5. The Bertz CT molecular complexity index is 489. The highest BCUT2D eigenvalue weighted by Crippen LogP contribution is 2.38.